The molecule has 1 N–H and O–H groups in total. The molecule has 1 aromatic rings. The molecule has 0 saturated carbocycles. The smallest absolute Gasteiger partial charge is 0.0540 e. The highest BCUT2D eigenvalue weighted by molar-refractivity contribution is 5.27. The summed E-state index contributed by atoms with van der Waals surface area (Å²) >= 11 is 0. The Hall–Kier alpha value is -0.870. The molecule has 1 atom stereocenters. The van der Waals surface area contributed by atoms with Gasteiger partial charge in [-0.25, -0.2) is 0 Å². The van der Waals surface area contributed by atoms with Crippen LogP contribution in [0.15, 0.2) is 6.20 Å². The van der Waals surface area contributed by atoms with Gasteiger partial charge in [-0.3, -0.25) is 4.68 Å². The summed E-state index contributed by atoms with van der Waals surface area (Å²) in [5, 5.41) is 8.23. The number of nitrogens with zero attached hydrogens (tertiary/aromatic N) is 3. The van der Waals surface area contributed by atoms with Crippen molar-refractivity contribution in [2.75, 3.05) is 27.2 Å². The molecule has 108 valence electrons. The predicted molar refractivity (Wildman–Crippen MR) is 79.3 cm³/mol. The van der Waals surface area contributed by atoms with Crippen molar-refractivity contribution in [3.8, 4) is 0 Å². The molecule has 4 nitrogen and oxygen atoms in total. The first kappa shape index (κ1) is 14.5. The monoisotopic (exact) mass is 264 g/mol. The number of hydrogen-bond donors (Lipinski definition) is 1. The molecule has 1 aliphatic rings. The van der Waals surface area contributed by atoms with Crippen LogP contribution in [0.4, 0.5) is 0 Å². The Bertz CT molecular complexity index is 420. The van der Waals surface area contributed by atoms with Crippen LogP contribution < -0.4 is 5.32 Å². The van der Waals surface area contributed by atoms with Gasteiger partial charge in [-0.1, -0.05) is 20.8 Å². The molecule has 0 amide bonds. The first-order valence-corrected chi connectivity index (χ1v) is 7.35. The molecule has 1 heterocycles. The molecule has 0 bridgehead atoms. The Balaban J connectivity index is 2.23. The average Bonchev–Trinajstić information content (AvgIpc) is 2.68. The summed E-state index contributed by atoms with van der Waals surface area (Å²) in [6.45, 7) is 9.95. The van der Waals surface area contributed by atoms with Crippen LogP contribution in [-0.2, 0) is 13.0 Å². The van der Waals surface area contributed by atoms with E-state index in [9.17, 15) is 0 Å². The van der Waals surface area contributed by atoms with Crippen molar-refractivity contribution in [2.24, 2.45) is 5.41 Å². The molecule has 4 heteroatoms. The van der Waals surface area contributed by atoms with Gasteiger partial charge >= 0.3 is 0 Å². The Labute approximate surface area is 117 Å². The number of nitrogens with one attached hydrogen (secondary N) is 1. The maximum Gasteiger partial charge on any atom is 0.0540 e. The molecule has 0 aliphatic heterocycles. The van der Waals surface area contributed by atoms with Gasteiger partial charge in [0.1, 0.15) is 0 Å². The summed E-state index contributed by atoms with van der Waals surface area (Å²) in [5.41, 5.74) is 3.21. The van der Waals surface area contributed by atoms with E-state index in [4.69, 9.17) is 0 Å². The van der Waals surface area contributed by atoms with Gasteiger partial charge in [0.05, 0.1) is 12.7 Å². The van der Waals surface area contributed by atoms with Crippen molar-refractivity contribution in [3.63, 3.8) is 0 Å². The van der Waals surface area contributed by atoms with Gasteiger partial charge in [0.25, 0.3) is 0 Å². The van der Waals surface area contributed by atoms with E-state index in [0.717, 1.165) is 26.1 Å². The second kappa shape index (κ2) is 5.63. The van der Waals surface area contributed by atoms with Gasteiger partial charge in [-0.2, -0.15) is 5.10 Å². The second-order valence-electron chi connectivity index (χ2n) is 6.73. The molecule has 2 rings (SSSR count). The minimum Gasteiger partial charge on any atom is -0.310 e. The Kier molecular flexibility index (Phi) is 4.31. The van der Waals surface area contributed by atoms with Crippen molar-refractivity contribution in [1.29, 1.82) is 0 Å². The zero-order valence-corrected chi connectivity index (χ0v) is 13.0. The number of aromatic nitrogens is 2. The van der Waals surface area contributed by atoms with E-state index in [-0.39, 0.29) is 0 Å². The van der Waals surface area contributed by atoms with Crippen LogP contribution in [0.2, 0.25) is 0 Å². The van der Waals surface area contributed by atoms with Crippen molar-refractivity contribution >= 4 is 0 Å². The molecule has 0 saturated heterocycles. The maximum absolute atomic E-state index is 4.62. The van der Waals surface area contributed by atoms with Crippen LogP contribution in [-0.4, -0.2) is 41.9 Å². The van der Waals surface area contributed by atoms with Crippen molar-refractivity contribution in [3.05, 3.63) is 17.5 Å². The maximum atomic E-state index is 4.62. The van der Waals surface area contributed by atoms with E-state index in [0.29, 0.717) is 11.5 Å². The third-order valence-electron chi connectivity index (χ3n) is 3.97. The summed E-state index contributed by atoms with van der Waals surface area (Å²) in [7, 11) is 4.22. The van der Waals surface area contributed by atoms with Gasteiger partial charge in [0.15, 0.2) is 0 Å². The minimum absolute atomic E-state index is 0.357. The highest BCUT2D eigenvalue weighted by Crippen LogP contribution is 2.40. The van der Waals surface area contributed by atoms with Gasteiger partial charge in [0.2, 0.25) is 0 Å². The summed E-state index contributed by atoms with van der Waals surface area (Å²) in [6.07, 6.45) is 4.42. The number of fused-ring (bicyclic) bond motifs is 1. The van der Waals surface area contributed by atoms with Crippen LogP contribution in [0.3, 0.4) is 0 Å². The minimum atomic E-state index is 0.357. The Morgan fingerprint density at radius 1 is 1.47 bits per heavy atom. The zero-order valence-electron chi connectivity index (χ0n) is 13.0. The van der Waals surface area contributed by atoms with Crippen LogP contribution >= 0.6 is 0 Å². The van der Waals surface area contributed by atoms with Crippen molar-refractivity contribution < 1.29 is 0 Å². The summed E-state index contributed by atoms with van der Waals surface area (Å²) in [6, 6.07) is 0.469. The number of hydrogen-bond acceptors (Lipinski definition) is 3. The fraction of sp³-hybridized carbons (Fsp3) is 0.800. The second-order valence-corrected chi connectivity index (χ2v) is 6.73. The van der Waals surface area contributed by atoms with Crippen LogP contribution in [0.25, 0.3) is 0 Å². The lowest BCUT2D eigenvalue weighted by atomic mass is 9.74. The highest BCUT2D eigenvalue weighted by atomic mass is 15.3. The molecule has 0 spiro atoms. The van der Waals surface area contributed by atoms with Crippen LogP contribution in [0.5, 0.6) is 0 Å². The predicted octanol–water partition coefficient (Wildman–Crippen LogP) is 2.07. The van der Waals surface area contributed by atoms with Gasteiger partial charge in [-0.15, -0.1) is 0 Å². The summed E-state index contributed by atoms with van der Waals surface area (Å²) in [4.78, 5) is 2.21. The fourth-order valence-electron chi connectivity index (χ4n) is 3.01. The van der Waals surface area contributed by atoms with Crippen molar-refractivity contribution in [2.45, 2.75) is 46.2 Å². The summed E-state index contributed by atoms with van der Waals surface area (Å²) in [5.74, 6) is 0. The third-order valence-corrected chi connectivity index (χ3v) is 3.97. The van der Waals surface area contributed by atoms with E-state index >= 15 is 0 Å². The topological polar surface area (TPSA) is 33.1 Å². The first-order chi connectivity index (χ1) is 8.93. The first-order valence-electron chi connectivity index (χ1n) is 7.35. The molecular weight excluding hydrogens is 236 g/mol. The van der Waals surface area contributed by atoms with Gasteiger partial charge in [-0.05, 0) is 38.9 Å². The van der Waals surface area contributed by atoms with Crippen LogP contribution in [0, 0.1) is 5.41 Å². The quantitative estimate of drug-likeness (QED) is 0.884. The SMILES string of the molecule is CCNC1CC(C)(C)Cc2c1cnn2CCN(C)C. The van der Waals surface area contributed by atoms with Crippen molar-refractivity contribution in [1.82, 2.24) is 20.0 Å². The molecule has 0 aromatic carbocycles. The Morgan fingerprint density at radius 2 is 2.21 bits per heavy atom. The number of rotatable bonds is 5. The standard InChI is InChI=1S/C15H28N4/c1-6-16-13-9-15(2,3)10-14-12(13)11-17-19(14)8-7-18(4)5/h11,13,16H,6-10H2,1-5H3. The molecule has 19 heavy (non-hydrogen) atoms. The summed E-state index contributed by atoms with van der Waals surface area (Å²) < 4.78 is 2.21. The molecular formula is C15H28N4. The molecule has 1 aliphatic carbocycles. The fourth-order valence-corrected chi connectivity index (χ4v) is 3.01. The molecule has 1 aromatic heterocycles. The van der Waals surface area contributed by atoms with Gasteiger partial charge < -0.3 is 10.2 Å². The lowest BCUT2D eigenvalue weighted by Crippen LogP contribution is -2.34. The lowest BCUT2D eigenvalue weighted by Gasteiger charge is -2.36. The lowest BCUT2D eigenvalue weighted by molar-refractivity contribution is 0.250. The number of likely N-dealkylation sites (N-methyl/N-ethyl adjacent to an activating group) is 1. The Morgan fingerprint density at radius 3 is 2.84 bits per heavy atom. The van der Waals surface area contributed by atoms with Crippen LogP contribution in [0.1, 0.15) is 44.5 Å². The molecule has 0 fully saturated rings. The van der Waals surface area contributed by atoms with E-state index in [1.54, 1.807) is 0 Å². The highest BCUT2D eigenvalue weighted by Gasteiger charge is 2.34. The largest absolute Gasteiger partial charge is 0.310 e. The van der Waals surface area contributed by atoms with Gasteiger partial charge in [0, 0.05) is 23.8 Å². The molecule has 0 radical (unpaired) electrons. The van der Waals surface area contributed by atoms with E-state index < -0.39 is 0 Å². The normalized spacial score (nSPS) is 21.7. The average molecular weight is 264 g/mol. The third kappa shape index (κ3) is 3.37. The molecule has 1 unspecified atom stereocenters. The van der Waals surface area contributed by atoms with E-state index in [2.05, 4.69) is 61.1 Å². The van der Waals surface area contributed by atoms with E-state index in [1.807, 2.05) is 0 Å². The van der Waals surface area contributed by atoms with E-state index in [1.165, 1.54) is 17.7 Å². The zero-order chi connectivity index (χ0) is 14.0.